The molecule has 0 amide bonds. The van der Waals surface area contributed by atoms with E-state index in [1.165, 1.54) is 5.39 Å². The molecule has 0 fully saturated rings. The minimum absolute atomic E-state index is 0.563. The molecular formula is C25H21N5S. The van der Waals surface area contributed by atoms with Crippen molar-refractivity contribution in [2.75, 3.05) is 11.6 Å². The first-order valence-corrected chi connectivity index (χ1v) is 11.2. The van der Waals surface area contributed by atoms with E-state index in [1.54, 1.807) is 18.0 Å². The van der Waals surface area contributed by atoms with Crippen molar-refractivity contribution in [1.82, 2.24) is 19.7 Å². The highest BCUT2D eigenvalue weighted by Gasteiger charge is 2.18. The summed E-state index contributed by atoms with van der Waals surface area (Å²) in [5, 5.41) is 11.5. The second-order valence-corrected chi connectivity index (χ2v) is 7.93. The molecule has 31 heavy (non-hydrogen) atoms. The minimum atomic E-state index is 0.563. The fourth-order valence-electron chi connectivity index (χ4n) is 3.75. The second kappa shape index (κ2) is 8.24. The van der Waals surface area contributed by atoms with Crippen molar-refractivity contribution >= 4 is 34.2 Å². The molecule has 0 aliphatic heterocycles. The maximum atomic E-state index is 4.83. The van der Waals surface area contributed by atoms with E-state index in [4.69, 9.17) is 10.1 Å². The Morgan fingerprint density at radius 3 is 2.48 bits per heavy atom. The van der Waals surface area contributed by atoms with Gasteiger partial charge in [-0.15, -0.1) is 11.8 Å². The lowest BCUT2D eigenvalue weighted by Crippen LogP contribution is -2.00. The van der Waals surface area contributed by atoms with Gasteiger partial charge < -0.3 is 5.32 Å². The first-order valence-electron chi connectivity index (χ1n) is 10.0. The molecule has 1 N–H and O–H groups in total. The molecule has 0 aliphatic rings. The third-order valence-corrected chi connectivity index (χ3v) is 5.90. The van der Waals surface area contributed by atoms with Crippen LogP contribution >= 0.6 is 11.8 Å². The fraction of sp³-hybridized carbons (Fsp3) is 0.0800. The summed E-state index contributed by atoms with van der Waals surface area (Å²) in [6.07, 6.45) is 3.83. The standard InChI is InChI=1S/C25H21N5S/c1-17-23(24(31-2)29-30(17)19-11-4-3-5-12-19)22-15-16-26-25(28-22)27-21-14-8-10-18-9-6-7-13-20(18)21/h3-16H,1-2H3,(H,26,27,28). The number of nitrogens with zero attached hydrogens (tertiary/aromatic N) is 4. The quantitative estimate of drug-likeness (QED) is 0.338. The van der Waals surface area contributed by atoms with Crippen molar-refractivity contribution in [3.63, 3.8) is 0 Å². The lowest BCUT2D eigenvalue weighted by molar-refractivity contribution is 0.814. The van der Waals surface area contributed by atoms with Gasteiger partial charge in [0.1, 0.15) is 5.03 Å². The Kier molecular flexibility index (Phi) is 5.14. The van der Waals surface area contributed by atoms with Crippen LogP contribution in [-0.4, -0.2) is 26.0 Å². The zero-order valence-electron chi connectivity index (χ0n) is 17.3. The number of para-hydroxylation sites is 1. The van der Waals surface area contributed by atoms with E-state index in [1.807, 2.05) is 59.5 Å². The number of fused-ring (bicyclic) bond motifs is 1. The van der Waals surface area contributed by atoms with Gasteiger partial charge in [-0.2, -0.15) is 5.10 Å². The van der Waals surface area contributed by atoms with Crippen LogP contribution in [-0.2, 0) is 0 Å². The second-order valence-electron chi connectivity index (χ2n) is 7.13. The van der Waals surface area contributed by atoms with Gasteiger partial charge in [-0.05, 0) is 42.8 Å². The van der Waals surface area contributed by atoms with Crippen molar-refractivity contribution in [2.24, 2.45) is 0 Å². The number of nitrogens with one attached hydrogen (secondary N) is 1. The molecule has 0 radical (unpaired) electrons. The molecule has 152 valence electrons. The Bertz CT molecular complexity index is 1360. The maximum absolute atomic E-state index is 4.83. The Morgan fingerprint density at radius 1 is 0.871 bits per heavy atom. The van der Waals surface area contributed by atoms with Gasteiger partial charge in [0.25, 0.3) is 0 Å². The first kappa shape index (κ1) is 19.3. The third-order valence-electron chi connectivity index (χ3n) is 5.23. The maximum Gasteiger partial charge on any atom is 0.227 e. The summed E-state index contributed by atoms with van der Waals surface area (Å²) in [5.74, 6) is 0.563. The van der Waals surface area contributed by atoms with Crippen LogP contribution in [0, 0.1) is 6.92 Å². The molecule has 0 unspecified atom stereocenters. The van der Waals surface area contributed by atoms with E-state index in [0.29, 0.717) is 5.95 Å². The van der Waals surface area contributed by atoms with Gasteiger partial charge in [-0.3, -0.25) is 0 Å². The number of anilines is 2. The zero-order valence-corrected chi connectivity index (χ0v) is 18.1. The molecule has 5 rings (SSSR count). The summed E-state index contributed by atoms with van der Waals surface area (Å²) in [7, 11) is 0. The average Bonchev–Trinajstić information content (AvgIpc) is 3.16. The first-order chi connectivity index (χ1) is 15.2. The third kappa shape index (κ3) is 3.66. The van der Waals surface area contributed by atoms with Gasteiger partial charge in [0, 0.05) is 17.3 Å². The highest BCUT2D eigenvalue weighted by atomic mass is 32.2. The number of rotatable bonds is 5. The highest BCUT2D eigenvalue weighted by Crippen LogP contribution is 2.33. The Labute approximate surface area is 185 Å². The molecule has 0 saturated heterocycles. The van der Waals surface area contributed by atoms with E-state index in [2.05, 4.69) is 47.6 Å². The number of hydrogen-bond donors (Lipinski definition) is 1. The summed E-state index contributed by atoms with van der Waals surface area (Å²) < 4.78 is 1.97. The van der Waals surface area contributed by atoms with Gasteiger partial charge in [-0.25, -0.2) is 14.6 Å². The molecule has 6 heteroatoms. The lowest BCUT2D eigenvalue weighted by atomic mass is 10.1. The monoisotopic (exact) mass is 423 g/mol. The van der Waals surface area contributed by atoms with Crippen LogP contribution in [0.1, 0.15) is 5.69 Å². The average molecular weight is 424 g/mol. The van der Waals surface area contributed by atoms with Crippen molar-refractivity contribution in [3.05, 3.63) is 90.8 Å². The van der Waals surface area contributed by atoms with Crippen LogP contribution in [0.3, 0.4) is 0 Å². The number of hydrogen-bond acceptors (Lipinski definition) is 5. The zero-order chi connectivity index (χ0) is 21.2. The van der Waals surface area contributed by atoms with Crippen molar-refractivity contribution in [2.45, 2.75) is 11.9 Å². The van der Waals surface area contributed by atoms with Gasteiger partial charge in [0.15, 0.2) is 0 Å². The van der Waals surface area contributed by atoms with E-state index in [-0.39, 0.29) is 0 Å². The van der Waals surface area contributed by atoms with Gasteiger partial charge in [-0.1, -0.05) is 54.6 Å². The molecule has 0 atom stereocenters. The number of aromatic nitrogens is 4. The fourth-order valence-corrected chi connectivity index (χ4v) is 4.37. The molecule has 3 aromatic carbocycles. The Hall–Kier alpha value is -3.64. The topological polar surface area (TPSA) is 55.6 Å². The Morgan fingerprint density at radius 2 is 1.65 bits per heavy atom. The van der Waals surface area contributed by atoms with Crippen LogP contribution < -0.4 is 5.32 Å². The normalized spacial score (nSPS) is 11.0. The summed E-state index contributed by atoms with van der Waals surface area (Å²) >= 11 is 1.62. The molecule has 0 spiro atoms. The number of benzene rings is 3. The van der Waals surface area contributed by atoms with Crippen molar-refractivity contribution < 1.29 is 0 Å². The van der Waals surface area contributed by atoms with Gasteiger partial charge in [0.05, 0.1) is 22.6 Å². The van der Waals surface area contributed by atoms with Crippen LogP contribution in [0.25, 0.3) is 27.7 Å². The van der Waals surface area contributed by atoms with Crippen molar-refractivity contribution in [3.8, 4) is 16.9 Å². The van der Waals surface area contributed by atoms with Crippen LogP contribution in [0.2, 0.25) is 0 Å². The van der Waals surface area contributed by atoms with Crippen molar-refractivity contribution in [1.29, 1.82) is 0 Å². The Balaban J connectivity index is 1.56. The van der Waals surface area contributed by atoms with E-state index in [0.717, 1.165) is 38.7 Å². The van der Waals surface area contributed by atoms with E-state index in [9.17, 15) is 0 Å². The SMILES string of the molecule is CSc1nn(-c2ccccc2)c(C)c1-c1ccnc(Nc2cccc3ccccc23)n1. The molecule has 0 aliphatic carbocycles. The van der Waals surface area contributed by atoms with Crippen LogP contribution in [0.4, 0.5) is 11.6 Å². The minimum Gasteiger partial charge on any atom is -0.324 e. The van der Waals surface area contributed by atoms with Crippen LogP contribution in [0.5, 0.6) is 0 Å². The summed E-state index contributed by atoms with van der Waals surface area (Å²) in [4.78, 5) is 9.29. The number of thioether (sulfide) groups is 1. The molecule has 0 saturated carbocycles. The summed E-state index contributed by atoms with van der Waals surface area (Å²) in [6.45, 7) is 2.08. The largest absolute Gasteiger partial charge is 0.324 e. The van der Waals surface area contributed by atoms with Gasteiger partial charge in [0.2, 0.25) is 5.95 Å². The predicted molar refractivity (Wildman–Crippen MR) is 128 cm³/mol. The molecule has 0 bridgehead atoms. The molecule has 2 aromatic heterocycles. The molecule has 5 nitrogen and oxygen atoms in total. The molecule has 2 heterocycles. The van der Waals surface area contributed by atoms with E-state index < -0.39 is 0 Å². The smallest absolute Gasteiger partial charge is 0.227 e. The predicted octanol–water partition coefficient (Wildman–Crippen LogP) is 6.26. The van der Waals surface area contributed by atoms with Crippen LogP contribution in [0.15, 0.2) is 90.1 Å². The molecular weight excluding hydrogens is 402 g/mol. The van der Waals surface area contributed by atoms with E-state index >= 15 is 0 Å². The highest BCUT2D eigenvalue weighted by molar-refractivity contribution is 7.98. The summed E-state index contributed by atoms with van der Waals surface area (Å²) in [5.41, 5.74) is 4.94. The van der Waals surface area contributed by atoms with Gasteiger partial charge >= 0.3 is 0 Å². The molecule has 5 aromatic rings. The lowest BCUT2D eigenvalue weighted by Gasteiger charge is -2.10. The summed E-state index contributed by atoms with van der Waals surface area (Å²) in [6, 6.07) is 26.6.